The lowest BCUT2D eigenvalue weighted by molar-refractivity contribution is -0.152. The highest BCUT2D eigenvalue weighted by molar-refractivity contribution is 7.09. The third kappa shape index (κ3) is 3.16. The Hall–Kier alpha value is -0.870. The minimum Gasteiger partial charge on any atom is -0.464 e. The fourth-order valence-corrected chi connectivity index (χ4v) is 1.68. The fraction of sp³-hybridized carbons (Fsp3) is 0.444. The van der Waals surface area contributed by atoms with Gasteiger partial charge in [-0.25, -0.2) is 4.79 Å². The first kappa shape index (κ1) is 10.2. The highest BCUT2D eigenvalue weighted by Crippen LogP contribution is 2.11. The second-order valence-corrected chi connectivity index (χ2v) is 3.58. The lowest BCUT2D eigenvalue weighted by atomic mass is 10.2. The first-order valence-corrected chi connectivity index (χ1v) is 4.99. The number of rotatable bonds is 4. The Morgan fingerprint density at radius 2 is 2.54 bits per heavy atom. The molecule has 0 saturated carbocycles. The van der Waals surface area contributed by atoms with Crippen molar-refractivity contribution in [3.63, 3.8) is 0 Å². The number of esters is 1. The molecule has 1 atom stereocenters. The molecular formula is C9H12O3S. The van der Waals surface area contributed by atoms with Crippen molar-refractivity contribution < 1.29 is 14.6 Å². The van der Waals surface area contributed by atoms with Gasteiger partial charge < -0.3 is 9.84 Å². The van der Waals surface area contributed by atoms with Gasteiger partial charge in [-0.05, 0) is 18.4 Å². The fourth-order valence-electron chi connectivity index (χ4n) is 0.941. The topological polar surface area (TPSA) is 46.5 Å². The summed E-state index contributed by atoms with van der Waals surface area (Å²) in [6, 6.07) is 3.77. The Morgan fingerprint density at radius 1 is 1.77 bits per heavy atom. The highest BCUT2D eigenvalue weighted by Gasteiger charge is 2.16. The summed E-state index contributed by atoms with van der Waals surface area (Å²) in [7, 11) is 0. The van der Waals surface area contributed by atoms with Crippen LogP contribution in [-0.2, 0) is 16.0 Å². The van der Waals surface area contributed by atoms with E-state index in [9.17, 15) is 9.90 Å². The molecule has 0 aliphatic carbocycles. The maximum Gasteiger partial charge on any atom is 0.335 e. The van der Waals surface area contributed by atoms with Crippen molar-refractivity contribution in [1.29, 1.82) is 0 Å². The summed E-state index contributed by atoms with van der Waals surface area (Å²) in [6.07, 6.45) is -0.685. The molecule has 0 fully saturated rings. The van der Waals surface area contributed by atoms with Gasteiger partial charge in [0.25, 0.3) is 0 Å². The van der Waals surface area contributed by atoms with Crippen LogP contribution in [0.15, 0.2) is 17.5 Å². The monoisotopic (exact) mass is 200 g/mol. The molecule has 0 amide bonds. The molecule has 0 aromatic carbocycles. The van der Waals surface area contributed by atoms with Crippen molar-refractivity contribution in [2.24, 2.45) is 0 Å². The minimum absolute atomic E-state index is 0.306. The smallest absolute Gasteiger partial charge is 0.335 e. The molecular weight excluding hydrogens is 188 g/mol. The zero-order chi connectivity index (χ0) is 9.68. The highest BCUT2D eigenvalue weighted by atomic mass is 32.1. The van der Waals surface area contributed by atoms with Gasteiger partial charge >= 0.3 is 5.97 Å². The van der Waals surface area contributed by atoms with Gasteiger partial charge in [-0.2, -0.15) is 0 Å². The number of hydrogen-bond donors (Lipinski definition) is 1. The SMILES string of the molecule is CCOC(=O)C(O)Cc1cccs1. The molecule has 1 heterocycles. The van der Waals surface area contributed by atoms with E-state index in [0.717, 1.165) is 4.88 Å². The van der Waals surface area contributed by atoms with Crippen molar-refractivity contribution in [3.8, 4) is 0 Å². The van der Waals surface area contributed by atoms with Gasteiger partial charge in [-0.1, -0.05) is 6.07 Å². The van der Waals surface area contributed by atoms with Crippen LogP contribution >= 0.6 is 11.3 Å². The molecule has 1 N–H and O–H groups in total. The molecule has 0 spiro atoms. The van der Waals surface area contributed by atoms with E-state index in [0.29, 0.717) is 13.0 Å². The molecule has 0 bridgehead atoms. The Kier molecular flexibility index (Phi) is 3.92. The van der Waals surface area contributed by atoms with Crippen molar-refractivity contribution in [2.75, 3.05) is 6.61 Å². The van der Waals surface area contributed by atoms with Gasteiger partial charge in [0.05, 0.1) is 6.61 Å². The molecule has 0 saturated heterocycles. The predicted molar refractivity (Wildman–Crippen MR) is 50.7 cm³/mol. The molecule has 1 unspecified atom stereocenters. The third-order valence-corrected chi connectivity index (χ3v) is 2.43. The second-order valence-electron chi connectivity index (χ2n) is 2.55. The lowest BCUT2D eigenvalue weighted by Gasteiger charge is -2.07. The van der Waals surface area contributed by atoms with E-state index in [2.05, 4.69) is 4.74 Å². The van der Waals surface area contributed by atoms with Crippen LogP contribution in [0.4, 0.5) is 0 Å². The van der Waals surface area contributed by atoms with Gasteiger partial charge in [-0.15, -0.1) is 11.3 Å². The third-order valence-electron chi connectivity index (χ3n) is 1.53. The summed E-state index contributed by atoms with van der Waals surface area (Å²) in [5, 5.41) is 11.3. The van der Waals surface area contributed by atoms with Crippen LogP contribution < -0.4 is 0 Å². The first-order valence-electron chi connectivity index (χ1n) is 4.11. The quantitative estimate of drug-likeness (QED) is 0.743. The molecule has 1 rings (SSSR count). The molecule has 72 valence electrons. The van der Waals surface area contributed by atoms with Crippen molar-refractivity contribution in [1.82, 2.24) is 0 Å². The molecule has 0 aliphatic rings. The maximum atomic E-state index is 11.0. The van der Waals surface area contributed by atoms with Crippen molar-refractivity contribution in [3.05, 3.63) is 22.4 Å². The van der Waals surface area contributed by atoms with Crippen LogP contribution in [0.1, 0.15) is 11.8 Å². The average Bonchev–Trinajstić information content (AvgIpc) is 2.57. The van der Waals surface area contributed by atoms with Crippen LogP contribution in [0.25, 0.3) is 0 Å². The Labute approximate surface area is 81.0 Å². The molecule has 1 aromatic heterocycles. The van der Waals surface area contributed by atoms with E-state index in [1.165, 1.54) is 11.3 Å². The first-order chi connectivity index (χ1) is 6.24. The van der Waals surface area contributed by atoms with E-state index in [1.54, 1.807) is 6.92 Å². The van der Waals surface area contributed by atoms with E-state index in [-0.39, 0.29) is 0 Å². The zero-order valence-corrected chi connectivity index (χ0v) is 8.21. The molecule has 3 nitrogen and oxygen atoms in total. The number of hydrogen-bond acceptors (Lipinski definition) is 4. The van der Waals surface area contributed by atoms with Gasteiger partial charge in [0.15, 0.2) is 6.10 Å². The zero-order valence-electron chi connectivity index (χ0n) is 7.40. The van der Waals surface area contributed by atoms with Crippen LogP contribution in [0, 0.1) is 0 Å². The van der Waals surface area contributed by atoms with Gasteiger partial charge in [-0.3, -0.25) is 0 Å². The largest absolute Gasteiger partial charge is 0.464 e. The summed E-state index contributed by atoms with van der Waals surface area (Å²) in [4.78, 5) is 12.0. The van der Waals surface area contributed by atoms with Crippen LogP contribution in [0.2, 0.25) is 0 Å². The average molecular weight is 200 g/mol. The number of carbonyl (C=O) groups excluding carboxylic acids is 1. The summed E-state index contributed by atoms with van der Waals surface area (Å²) in [5.74, 6) is -0.545. The number of ether oxygens (including phenoxy) is 1. The summed E-state index contributed by atoms with van der Waals surface area (Å²) in [5.41, 5.74) is 0. The molecule has 13 heavy (non-hydrogen) atoms. The Morgan fingerprint density at radius 3 is 3.08 bits per heavy atom. The summed E-state index contributed by atoms with van der Waals surface area (Å²) >= 11 is 1.52. The van der Waals surface area contributed by atoms with Gasteiger partial charge in [0.2, 0.25) is 0 Å². The number of aliphatic hydroxyl groups excluding tert-OH is 1. The lowest BCUT2D eigenvalue weighted by Crippen LogP contribution is -2.24. The van der Waals surface area contributed by atoms with Crippen molar-refractivity contribution >= 4 is 17.3 Å². The van der Waals surface area contributed by atoms with Crippen molar-refractivity contribution in [2.45, 2.75) is 19.4 Å². The second kappa shape index (κ2) is 4.99. The van der Waals surface area contributed by atoms with Crippen LogP contribution in [0.5, 0.6) is 0 Å². The summed E-state index contributed by atoms with van der Waals surface area (Å²) in [6.45, 7) is 2.02. The van der Waals surface area contributed by atoms with E-state index < -0.39 is 12.1 Å². The van der Waals surface area contributed by atoms with Gasteiger partial charge in [0.1, 0.15) is 0 Å². The number of thiophene rings is 1. The van der Waals surface area contributed by atoms with Crippen LogP contribution in [-0.4, -0.2) is 23.8 Å². The van der Waals surface area contributed by atoms with Crippen LogP contribution in [0.3, 0.4) is 0 Å². The normalized spacial score (nSPS) is 12.5. The Bertz CT molecular complexity index is 256. The van der Waals surface area contributed by atoms with E-state index in [1.807, 2.05) is 17.5 Å². The van der Waals surface area contributed by atoms with E-state index in [4.69, 9.17) is 0 Å². The standard InChI is InChI=1S/C9H12O3S/c1-2-12-9(11)8(10)6-7-4-3-5-13-7/h3-5,8,10H,2,6H2,1H3. The molecule has 0 radical (unpaired) electrons. The predicted octanol–water partition coefficient (Wildman–Crippen LogP) is 1.21. The molecule has 0 aliphatic heterocycles. The number of carbonyl (C=O) groups is 1. The molecule has 4 heteroatoms. The summed E-state index contributed by atoms with van der Waals surface area (Å²) < 4.78 is 4.67. The minimum atomic E-state index is -1.03. The molecule has 1 aromatic rings. The number of aliphatic hydroxyl groups is 1. The van der Waals surface area contributed by atoms with Gasteiger partial charge in [0, 0.05) is 11.3 Å². The van der Waals surface area contributed by atoms with E-state index >= 15 is 0 Å². The maximum absolute atomic E-state index is 11.0. The Balaban J connectivity index is 2.41.